The molecule has 0 radical (unpaired) electrons. The SMILES string of the molecule is CC/C=C\C/C=C\C/C=C\C/C=C\C/C=C\C/C=C\CCC(=O)OC(COC(=O)CCCCCCCCC/C=C\CCCCCCCCC)COC(=O)CCCCCCCCCCC/C=C\CCCCCCCCCC. The molecule has 0 aromatic heterocycles. The van der Waals surface area contributed by atoms with Crippen LogP contribution in [0.4, 0.5) is 0 Å². The van der Waals surface area contributed by atoms with Crippen LogP contribution < -0.4 is 0 Å². The van der Waals surface area contributed by atoms with Crippen LogP contribution >= 0.6 is 0 Å². The third-order valence-electron chi connectivity index (χ3n) is 13.8. The van der Waals surface area contributed by atoms with Gasteiger partial charge in [0.05, 0.1) is 0 Å². The molecule has 76 heavy (non-hydrogen) atoms. The molecule has 0 rings (SSSR count). The summed E-state index contributed by atoms with van der Waals surface area (Å²) in [5, 5.41) is 0. The summed E-state index contributed by atoms with van der Waals surface area (Å²) in [5.74, 6) is -0.991. The van der Waals surface area contributed by atoms with Gasteiger partial charge >= 0.3 is 17.9 Å². The van der Waals surface area contributed by atoms with Crippen LogP contribution in [0.3, 0.4) is 0 Å². The average Bonchev–Trinajstić information content (AvgIpc) is 3.42. The first-order valence-electron chi connectivity index (χ1n) is 32.2. The highest BCUT2D eigenvalue weighted by Crippen LogP contribution is 2.16. The van der Waals surface area contributed by atoms with Gasteiger partial charge in [-0.3, -0.25) is 14.4 Å². The number of carbonyl (C=O) groups is 3. The monoisotopic (exact) mass is 1060 g/mol. The van der Waals surface area contributed by atoms with Crippen LogP contribution in [0.25, 0.3) is 0 Å². The van der Waals surface area contributed by atoms with E-state index in [0.29, 0.717) is 19.3 Å². The minimum Gasteiger partial charge on any atom is -0.462 e. The van der Waals surface area contributed by atoms with Crippen molar-refractivity contribution in [3.8, 4) is 0 Å². The number of allylic oxidation sites excluding steroid dienone is 16. The fourth-order valence-electron chi connectivity index (χ4n) is 8.99. The van der Waals surface area contributed by atoms with Crippen LogP contribution in [-0.4, -0.2) is 37.2 Å². The molecule has 0 aliphatic heterocycles. The second-order valence-electron chi connectivity index (χ2n) is 21.3. The van der Waals surface area contributed by atoms with Gasteiger partial charge in [-0.15, -0.1) is 0 Å². The Labute approximate surface area is 470 Å². The van der Waals surface area contributed by atoms with E-state index in [1.807, 2.05) is 6.08 Å². The van der Waals surface area contributed by atoms with E-state index in [1.54, 1.807) is 0 Å². The van der Waals surface area contributed by atoms with Crippen molar-refractivity contribution in [3.63, 3.8) is 0 Å². The molecule has 1 unspecified atom stereocenters. The highest BCUT2D eigenvalue weighted by molar-refractivity contribution is 5.71. The van der Waals surface area contributed by atoms with Crippen molar-refractivity contribution < 1.29 is 28.6 Å². The van der Waals surface area contributed by atoms with Gasteiger partial charge < -0.3 is 14.2 Å². The molecular weight excluding hydrogens is 937 g/mol. The summed E-state index contributed by atoms with van der Waals surface area (Å²) in [6.07, 6.45) is 85.7. The Morgan fingerprint density at radius 3 is 0.855 bits per heavy atom. The molecule has 0 aliphatic carbocycles. The van der Waals surface area contributed by atoms with Crippen molar-refractivity contribution in [3.05, 3.63) is 97.2 Å². The molecule has 0 N–H and O–H groups in total. The largest absolute Gasteiger partial charge is 0.462 e. The quantitative estimate of drug-likeness (QED) is 0.0261. The Morgan fingerprint density at radius 1 is 0.276 bits per heavy atom. The lowest BCUT2D eigenvalue weighted by Gasteiger charge is -2.18. The number of hydrogen-bond acceptors (Lipinski definition) is 6. The van der Waals surface area contributed by atoms with Gasteiger partial charge in [0.25, 0.3) is 0 Å². The summed E-state index contributed by atoms with van der Waals surface area (Å²) in [6.45, 7) is 6.49. The predicted molar refractivity (Wildman–Crippen MR) is 330 cm³/mol. The fourth-order valence-corrected chi connectivity index (χ4v) is 8.99. The molecule has 0 aliphatic rings. The highest BCUT2D eigenvalue weighted by Gasteiger charge is 2.19. The summed E-state index contributed by atoms with van der Waals surface area (Å²) in [7, 11) is 0. The van der Waals surface area contributed by atoms with Crippen LogP contribution in [0.15, 0.2) is 97.2 Å². The van der Waals surface area contributed by atoms with Gasteiger partial charge in [0.1, 0.15) is 13.2 Å². The Kier molecular flexibility index (Phi) is 60.8. The normalized spacial score (nSPS) is 12.7. The van der Waals surface area contributed by atoms with Crippen LogP contribution in [-0.2, 0) is 28.6 Å². The van der Waals surface area contributed by atoms with Crippen molar-refractivity contribution in [2.45, 2.75) is 316 Å². The molecule has 0 bridgehead atoms. The molecule has 0 heterocycles. The molecule has 0 spiro atoms. The molecular formula is C70H120O6. The highest BCUT2D eigenvalue weighted by atomic mass is 16.6. The molecule has 0 aromatic carbocycles. The number of carbonyl (C=O) groups excluding carboxylic acids is 3. The van der Waals surface area contributed by atoms with Crippen LogP contribution in [0.5, 0.6) is 0 Å². The van der Waals surface area contributed by atoms with Gasteiger partial charge in [-0.2, -0.15) is 0 Å². The van der Waals surface area contributed by atoms with E-state index in [1.165, 1.54) is 186 Å². The topological polar surface area (TPSA) is 78.9 Å². The molecule has 6 nitrogen and oxygen atoms in total. The van der Waals surface area contributed by atoms with E-state index >= 15 is 0 Å². The van der Waals surface area contributed by atoms with Gasteiger partial charge in [0.15, 0.2) is 6.10 Å². The Bertz CT molecular complexity index is 1490. The first-order chi connectivity index (χ1) is 37.5. The lowest BCUT2D eigenvalue weighted by molar-refractivity contribution is -0.166. The Balaban J connectivity index is 4.47. The standard InChI is InChI=1S/C70H120O6/c1-4-7-10-13-16-19-22-25-28-31-34-35-37-39-42-45-48-51-54-57-60-63-69(72)75-66-67(65-74-68(71)62-59-56-53-50-47-44-41-38-33-30-27-24-21-18-15-12-9-6-3)76-70(73)64-61-58-55-52-49-46-43-40-36-32-29-26-23-20-17-14-11-8-5-2/h8,11,17,20,26,29-31,33-34,36,40,46,49,55,58,67H,4-7,9-10,12-16,18-19,21-25,27-28,32,35,37-39,41-45,47-48,50-54,56-57,59-66H2,1-3H3/b11-8-,20-17-,29-26-,33-30-,34-31-,40-36-,49-46-,58-55-. The van der Waals surface area contributed by atoms with Crippen molar-refractivity contribution >= 4 is 17.9 Å². The van der Waals surface area contributed by atoms with Crippen molar-refractivity contribution in [1.82, 2.24) is 0 Å². The molecule has 0 amide bonds. The van der Waals surface area contributed by atoms with Crippen molar-refractivity contribution in [2.75, 3.05) is 13.2 Å². The lowest BCUT2D eigenvalue weighted by Crippen LogP contribution is -2.30. The van der Waals surface area contributed by atoms with Gasteiger partial charge in [0.2, 0.25) is 0 Å². The summed E-state index contributed by atoms with van der Waals surface area (Å²) in [6, 6.07) is 0. The number of hydrogen-bond donors (Lipinski definition) is 0. The molecule has 436 valence electrons. The van der Waals surface area contributed by atoms with E-state index in [2.05, 4.69) is 112 Å². The zero-order valence-corrected chi connectivity index (χ0v) is 50.0. The predicted octanol–water partition coefficient (Wildman–Crippen LogP) is 22.0. The van der Waals surface area contributed by atoms with Gasteiger partial charge in [0, 0.05) is 19.3 Å². The zero-order chi connectivity index (χ0) is 55.0. The summed E-state index contributed by atoms with van der Waals surface area (Å²) in [5.41, 5.74) is 0. The molecule has 0 aromatic rings. The molecule has 0 fully saturated rings. The Morgan fingerprint density at radius 2 is 0.539 bits per heavy atom. The smallest absolute Gasteiger partial charge is 0.306 e. The minimum absolute atomic E-state index is 0.109. The first kappa shape index (κ1) is 72.3. The summed E-state index contributed by atoms with van der Waals surface area (Å²) >= 11 is 0. The van der Waals surface area contributed by atoms with Crippen molar-refractivity contribution in [2.24, 2.45) is 0 Å². The summed E-state index contributed by atoms with van der Waals surface area (Å²) < 4.78 is 16.9. The molecule has 6 heteroatoms. The van der Waals surface area contributed by atoms with E-state index in [4.69, 9.17) is 14.2 Å². The van der Waals surface area contributed by atoms with E-state index in [0.717, 1.165) is 77.0 Å². The van der Waals surface area contributed by atoms with Crippen LogP contribution in [0, 0.1) is 0 Å². The Hall–Kier alpha value is -3.67. The lowest BCUT2D eigenvalue weighted by atomic mass is 10.1. The molecule has 1 atom stereocenters. The number of unbranched alkanes of at least 4 members (excludes halogenated alkanes) is 31. The van der Waals surface area contributed by atoms with E-state index in [9.17, 15) is 14.4 Å². The third kappa shape index (κ3) is 61.2. The van der Waals surface area contributed by atoms with E-state index in [-0.39, 0.29) is 31.6 Å². The maximum absolute atomic E-state index is 12.9. The van der Waals surface area contributed by atoms with Crippen LogP contribution in [0.1, 0.15) is 310 Å². The van der Waals surface area contributed by atoms with Gasteiger partial charge in [-0.1, -0.05) is 279 Å². The minimum atomic E-state index is -0.823. The second-order valence-corrected chi connectivity index (χ2v) is 21.3. The van der Waals surface area contributed by atoms with Crippen molar-refractivity contribution in [1.29, 1.82) is 0 Å². The first-order valence-corrected chi connectivity index (χ1v) is 32.2. The maximum Gasteiger partial charge on any atom is 0.306 e. The number of rotatable bonds is 58. The van der Waals surface area contributed by atoms with Crippen LogP contribution in [0.2, 0.25) is 0 Å². The summed E-state index contributed by atoms with van der Waals surface area (Å²) in [4.78, 5) is 38.3. The average molecular weight is 1060 g/mol. The number of ether oxygens (including phenoxy) is 3. The maximum atomic E-state index is 12.9. The third-order valence-corrected chi connectivity index (χ3v) is 13.8. The van der Waals surface area contributed by atoms with Gasteiger partial charge in [-0.25, -0.2) is 0 Å². The molecule has 0 saturated carbocycles. The van der Waals surface area contributed by atoms with Gasteiger partial charge in [-0.05, 0) is 109 Å². The van der Waals surface area contributed by atoms with E-state index < -0.39 is 12.1 Å². The fraction of sp³-hybridized carbons (Fsp3) is 0.729. The zero-order valence-electron chi connectivity index (χ0n) is 50.0. The second kappa shape index (κ2) is 63.9. The number of esters is 3. The molecule has 0 saturated heterocycles.